The van der Waals surface area contributed by atoms with Crippen molar-refractivity contribution >= 4 is 17.9 Å². The zero-order chi connectivity index (χ0) is 17.1. The first kappa shape index (κ1) is 16.0. The van der Waals surface area contributed by atoms with E-state index < -0.39 is 6.09 Å². The van der Waals surface area contributed by atoms with E-state index in [4.69, 9.17) is 4.74 Å². The molecule has 7 heteroatoms. The fourth-order valence-electron chi connectivity index (χ4n) is 2.75. The van der Waals surface area contributed by atoms with E-state index >= 15 is 0 Å². The van der Waals surface area contributed by atoms with Gasteiger partial charge < -0.3 is 9.64 Å². The van der Waals surface area contributed by atoms with E-state index in [0.717, 1.165) is 5.56 Å². The van der Waals surface area contributed by atoms with Crippen LogP contribution in [0, 0.1) is 0 Å². The Kier molecular flexibility index (Phi) is 4.50. The normalized spacial score (nSPS) is 17.3. The van der Waals surface area contributed by atoms with Gasteiger partial charge in [0, 0.05) is 26.2 Å². The molecule has 0 N–H and O–H groups in total. The summed E-state index contributed by atoms with van der Waals surface area (Å²) in [5.41, 5.74) is 0.888. The van der Waals surface area contributed by atoms with E-state index in [9.17, 15) is 14.4 Å². The summed E-state index contributed by atoms with van der Waals surface area (Å²) in [4.78, 5) is 40.5. The van der Waals surface area contributed by atoms with Crippen molar-refractivity contribution in [3.63, 3.8) is 0 Å². The van der Waals surface area contributed by atoms with Crippen LogP contribution >= 0.6 is 0 Å². The van der Waals surface area contributed by atoms with E-state index in [-0.39, 0.29) is 25.0 Å². The molecule has 2 aliphatic heterocycles. The fourth-order valence-corrected chi connectivity index (χ4v) is 2.75. The molecule has 2 heterocycles. The second-order valence-electron chi connectivity index (χ2n) is 5.72. The molecule has 3 rings (SSSR count). The second-order valence-corrected chi connectivity index (χ2v) is 5.72. The van der Waals surface area contributed by atoms with Crippen molar-refractivity contribution in [2.24, 2.45) is 0 Å². The fraction of sp³-hybridized carbons (Fsp3) is 0.353. The number of rotatable bonds is 2. The molecule has 24 heavy (non-hydrogen) atoms. The maximum Gasteiger partial charge on any atom is 0.415 e. The first-order valence-corrected chi connectivity index (χ1v) is 7.84. The Hall–Kier alpha value is -2.83. The van der Waals surface area contributed by atoms with Crippen LogP contribution in [0.15, 0.2) is 42.4 Å². The molecule has 0 bridgehead atoms. The van der Waals surface area contributed by atoms with Crippen molar-refractivity contribution in [1.29, 1.82) is 0 Å². The van der Waals surface area contributed by atoms with Crippen LogP contribution < -0.4 is 0 Å². The Morgan fingerprint density at radius 2 is 1.92 bits per heavy atom. The minimum Gasteiger partial charge on any atom is -0.444 e. The maximum atomic E-state index is 12.4. The molecule has 1 saturated heterocycles. The molecule has 1 aromatic carbocycles. The third-order valence-electron chi connectivity index (χ3n) is 4.02. The lowest BCUT2D eigenvalue weighted by molar-refractivity contribution is -0.140. The van der Waals surface area contributed by atoms with Crippen molar-refractivity contribution in [3.05, 3.63) is 47.9 Å². The molecule has 7 nitrogen and oxygen atoms in total. The first-order chi connectivity index (χ1) is 11.6. The predicted octanol–water partition coefficient (Wildman–Crippen LogP) is 1.52. The average Bonchev–Trinajstić information content (AvgIpc) is 2.60. The predicted molar refractivity (Wildman–Crippen MR) is 85.1 cm³/mol. The molecule has 2 aliphatic rings. The highest BCUT2D eigenvalue weighted by molar-refractivity contribution is 5.88. The molecule has 0 unspecified atom stereocenters. The van der Waals surface area contributed by atoms with Gasteiger partial charge in [0.2, 0.25) is 11.8 Å². The Bertz CT molecular complexity index is 686. The number of fused-ring (bicyclic) bond motifs is 1. The van der Waals surface area contributed by atoms with Gasteiger partial charge in [0.05, 0.1) is 0 Å². The van der Waals surface area contributed by atoms with E-state index in [1.54, 1.807) is 6.20 Å². The summed E-state index contributed by atoms with van der Waals surface area (Å²) >= 11 is 0. The summed E-state index contributed by atoms with van der Waals surface area (Å²) in [7, 11) is 0. The van der Waals surface area contributed by atoms with Crippen molar-refractivity contribution in [3.8, 4) is 0 Å². The summed E-state index contributed by atoms with van der Waals surface area (Å²) in [5, 5.41) is 0. The first-order valence-electron chi connectivity index (χ1n) is 7.84. The standard InChI is InChI=1S/C17H19N3O4/c1-13(21)18-10-15-19(16(22)11-18)8-5-9-20(15)17(23)24-12-14-6-3-2-4-7-14/h2-4,6-7,10H,5,8-9,11-12H2,1H3. The number of hydrogen-bond acceptors (Lipinski definition) is 4. The molecule has 126 valence electrons. The van der Waals surface area contributed by atoms with Crippen LogP contribution in [0.25, 0.3) is 0 Å². The van der Waals surface area contributed by atoms with Crippen LogP contribution in [0.1, 0.15) is 18.9 Å². The second kappa shape index (κ2) is 6.74. The number of benzene rings is 1. The molecule has 0 atom stereocenters. The van der Waals surface area contributed by atoms with Gasteiger partial charge in [0.15, 0.2) is 0 Å². The molecule has 0 spiro atoms. The van der Waals surface area contributed by atoms with Gasteiger partial charge in [-0.3, -0.25) is 19.4 Å². The van der Waals surface area contributed by atoms with Gasteiger partial charge >= 0.3 is 6.09 Å². The van der Waals surface area contributed by atoms with Crippen molar-refractivity contribution in [2.45, 2.75) is 20.0 Å². The summed E-state index contributed by atoms with van der Waals surface area (Å²) in [6, 6.07) is 9.38. The van der Waals surface area contributed by atoms with Gasteiger partial charge in [-0.15, -0.1) is 0 Å². The summed E-state index contributed by atoms with van der Waals surface area (Å²) in [6.07, 6.45) is 1.70. The van der Waals surface area contributed by atoms with Gasteiger partial charge in [-0.25, -0.2) is 4.79 Å². The smallest absolute Gasteiger partial charge is 0.415 e. The zero-order valence-electron chi connectivity index (χ0n) is 13.5. The molecular formula is C17H19N3O4. The van der Waals surface area contributed by atoms with Crippen LogP contribution in [-0.4, -0.2) is 52.2 Å². The number of ether oxygens (including phenoxy) is 1. The zero-order valence-corrected chi connectivity index (χ0v) is 13.5. The lowest BCUT2D eigenvalue weighted by Gasteiger charge is -2.41. The van der Waals surface area contributed by atoms with Crippen molar-refractivity contribution < 1.29 is 19.1 Å². The molecule has 0 radical (unpaired) electrons. The topological polar surface area (TPSA) is 70.2 Å². The highest BCUT2D eigenvalue weighted by atomic mass is 16.6. The lowest BCUT2D eigenvalue weighted by atomic mass is 10.2. The summed E-state index contributed by atoms with van der Waals surface area (Å²) in [5.74, 6) is -0.0207. The Morgan fingerprint density at radius 1 is 1.17 bits per heavy atom. The van der Waals surface area contributed by atoms with Gasteiger partial charge in [0.1, 0.15) is 19.0 Å². The Balaban J connectivity index is 1.75. The monoisotopic (exact) mass is 329 g/mol. The third kappa shape index (κ3) is 3.24. The van der Waals surface area contributed by atoms with E-state index in [1.165, 1.54) is 21.6 Å². The summed E-state index contributed by atoms with van der Waals surface area (Å²) in [6.45, 7) is 2.55. The number of amides is 3. The number of carbonyl (C=O) groups is 3. The highest BCUT2D eigenvalue weighted by Gasteiger charge is 2.36. The molecule has 0 aliphatic carbocycles. The van der Waals surface area contributed by atoms with Crippen LogP contribution in [0.3, 0.4) is 0 Å². The number of nitrogens with zero attached hydrogens (tertiary/aromatic N) is 3. The minimum absolute atomic E-state index is 0.00569. The Morgan fingerprint density at radius 3 is 2.62 bits per heavy atom. The largest absolute Gasteiger partial charge is 0.444 e. The van der Waals surface area contributed by atoms with Crippen molar-refractivity contribution in [1.82, 2.24) is 14.7 Å². The number of hydrogen-bond donors (Lipinski definition) is 0. The van der Waals surface area contributed by atoms with Gasteiger partial charge in [-0.2, -0.15) is 0 Å². The molecule has 3 amide bonds. The highest BCUT2D eigenvalue weighted by Crippen LogP contribution is 2.24. The third-order valence-corrected chi connectivity index (χ3v) is 4.02. The maximum absolute atomic E-state index is 12.4. The average molecular weight is 329 g/mol. The van der Waals surface area contributed by atoms with Crippen LogP contribution in [0.5, 0.6) is 0 Å². The van der Waals surface area contributed by atoms with E-state index in [2.05, 4.69) is 0 Å². The van der Waals surface area contributed by atoms with E-state index in [1.807, 2.05) is 30.3 Å². The molecule has 1 fully saturated rings. The van der Waals surface area contributed by atoms with E-state index in [0.29, 0.717) is 25.3 Å². The van der Waals surface area contributed by atoms with Crippen LogP contribution in [0.4, 0.5) is 4.79 Å². The molecule has 0 saturated carbocycles. The van der Waals surface area contributed by atoms with Crippen LogP contribution in [0.2, 0.25) is 0 Å². The quantitative estimate of drug-likeness (QED) is 0.825. The summed E-state index contributed by atoms with van der Waals surface area (Å²) < 4.78 is 5.35. The SMILES string of the molecule is CC(=O)N1C=C2N(CCCN2C(=O)OCc2ccccc2)C(=O)C1. The Labute approximate surface area is 140 Å². The molecular weight excluding hydrogens is 310 g/mol. The van der Waals surface area contributed by atoms with Gasteiger partial charge in [-0.05, 0) is 12.0 Å². The molecule has 1 aromatic rings. The van der Waals surface area contributed by atoms with Crippen molar-refractivity contribution in [2.75, 3.05) is 19.6 Å². The molecule has 0 aromatic heterocycles. The number of carbonyl (C=O) groups excluding carboxylic acids is 3. The lowest BCUT2D eigenvalue weighted by Crippen LogP contribution is -2.54. The van der Waals surface area contributed by atoms with Gasteiger partial charge in [0.25, 0.3) is 0 Å². The van der Waals surface area contributed by atoms with Gasteiger partial charge in [-0.1, -0.05) is 30.3 Å². The van der Waals surface area contributed by atoms with Crippen LogP contribution in [-0.2, 0) is 20.9 Å². The minimum atomic E-state index is -0.520.